The Morgan fingerprint density at radius 3 is 2.62 bits per heavy atom. The number of benzene rings is 2. The number of halogens is 1. The summed E-state index contributed by atoms with van der Waals surface area (Å²) in [5.41, 5.74) is 2.92. The first-order valence-electron chi connectivity index (χ1n) is 9.42. The highest BCUT2D eigenvalue weighted by Crippen LogP contribution is 2.50. The fourth-order valence-corrected chi connectivity index (χ4v) is 4.36. The van der Waals surface area contributed by atoms with Gasteiger partial charge in [-0.25, -0.2) is 4.68 Å². The molecule has 0 bridgehead atoms. The van der Waals surface area contributed by atoms with E-state index in [2.05, 4.69) is 0 Å². The van der Waals surface area contributed by atoms with Crippen LogP contribution in [0, 0.1) is 0 Å². The third-order valence-corrected chi connectivity index (χ3v) is 5.93. The minimum absolute atomic E-state index is 0.00484. The fourth-order valence-electron chi connectivity index (χ4n) is 4.24. The molecule has 0 radical (unpaired) electrons. The number of hydrogen-bond donors (Lipinski definition) is 1. The Balaban J connectivity index is 1.74. The van der Waals surface area contributed by atoms with Crippen molar-refractivity contribution in [3.63, 3.8) is 0 Å². The van der Waals surface area contributed by atoms with Crippen LogP contribution in [0.1, 0.15) is 30.2 Å². The minimum Gasteiger partial charge on any atom is -0.497 e. The lowest BCUT2D eigenvalue weighted by atomic mass is 9.79. The Bertz CT molecular complexity index is 1090. The highest BCUT2D eigenvalue weighted by atomic mass is 35.5. The molecule has 3 aromatic rings. The van der Waals surface area contributed by atoms with E-state index in [1.807, 2.05) is 53.2 Å². The molecule has 2 aromatic carbocycles. The van der Waals surface area contributed by atoms with Gasteiger partial charge < -0.3 is 14.6 Å². The van der Waals surface area contributed by atoms with Crippen molar-refractivity contribution in [1.29, 1.82) is 0 Å². The second-order valence-corrected chi connectivity index (χ2v) is 7.91. The van der Waals surface area contributed by atoms with Crippen LogP contribution in [0.4, 0.5) is 0 Å². The lowest BCUT2D eigenvalue weighted by Gasteiger charge is -2.31. The number of hydrogen-bond acceptors (Lipinski definition) is 5. The van der Waals surface area contributed by atoms with Gasteiger partial charge in [-0.15, -0.1) is 0 Å². The maximum atomic E-state index is 12.0. The summed E-state index contributed by atoms with van der Waals surface area (Å²) < 4.78 is 12.7. The number of carbonyl (C=O) groups excluding carboxylic acids is 1. The highest BCUT2D eigenvalue weighted by Gasteiger charge is 2.53. The Morgan fingerprint density at radius 1 is 1.21 bits per heavy atom. The molecule has 2 aliphatic rings. The first-order valence-corrected chi connectivity index (χ1v) is 9.80. The van der Waals surface area contributed by atoms with Crippen LogP contribution in [0.2, 0.25) is 5.02 Å². The molecule has 0 amide bonds. The van der Waals surface area contributed by atoms with Crippen molar-refractivity contribution in [3.05, 3.63) is 64.8 Å². The van der Waals surface area contributed by atoms with Crippen LogP contribution in [-0.4, -0.2) is 33.6 Å². The van der Waals surface area contributed by atoms with Gasteiger partial charge in [0.1, 0.15) is 11.4 Å². The summed E-state index contributed by atoms with van der Waals surface area (Å²) in [6.45, 7) is 0. The lowest BCUT2D eigenvalue weighted by Crippen LogP contribution is -2.36. The van der Waals surface area contributed by atoms with Crippen molar-refractivity contribution >= 4 is 17.6 Å². The van der Waals surface area contributed by atoms with Gasteiger partial charge in [-0.1, -0.05) is 23.7 Å². The number of nitrogens with zero attached hydrogens (tertiary/aromatic N) is 2. The van der Waals surface area contributed by atoms with E-state index in [-0.39, 0.29) is 12.4 Å². The van der Waals surface area contributed by atoms with E-state index in [9.17, 15) is 9.90 Å². The van der Waals surface area contributed by atoms with Gasteiger partial charge >= 0.3 is 5.97 Å². The minimum atomic E-state index is -1.20. The molecule has 6 nitrogen and oxygen atoms in total. The van der Waals surface area contributed by atoms with E-state index >= 15 is 0 Å². The van der Waals surface area contributed by atoms with Crippen molar-refractivity contribution < 1.29 is 19.4 Å². The van der Waals surface area contributed by atoms with Gasteiger partial charge in [0, 0.05) is 16.1 Å². The molecule has 29 heavy (non-hydrogen) atoms. The van der Waals surface area contributed by atoms with E-state index in [0.29, 0.717) is 17.9 Å². The van der Waals surface area contributed by atoms with E-state index in [0.717, 1.165) is 34.0 Å². The van der Waals surface area contributed by atoms with Crippen LogP contribution in [-0.2, 0) is 16.0 Å². The summed E-state index contributed by atoms with van der Waals surface area (Å²) in [6, 6.07) is 15.0. The molecule has 1 N–H and O–H groups in total. The first kappa shape index (κ1) is 18.2. The number of ether oxygens (including phenoxy) is 2. The first-order chi connectivity index (χ1) is 14.0. The SMILES string of the molecule is COc1ccc(-n2nc3c(c2-c2ccc(Cl)cc2)[C@@H]2OC(=O)C[C@]2(O)CC3)cc1. The van der Waals surface area contributed by atoms with Gasteiger partial charge in [0.2, 0.25) is 0 Å². The van der Waals surface area contributed by atoms with E-state index in [4.69, 9.17) is 26.2 Å². The molecule has 0 spiro atoms. The number of methoxy groups -OCH3 is 1. The van der Waals surface area contributed by atoms with Crippen molar-refractivity contribution in [2.45, 2.75) is 31.0 Å². The molecule has 1 aliphatic carbocycles. The average molecular weight is 411 g/mol. The summed E-state index contributed by atoms with van der Waals surface area (Å²) in [6.07, 6.45) is 0.292. The Labute approximate surface area is 172 Å². The second-order valence-electron chi connectivity index (χ2n) is 7.48. The molecule has 2 heterocycles. The lowest BCUT2D eigenvalue weighted by molar-refractivity contribution is -0.143. The maximum Gasteiger partial charge on any atom is 0.309 e. The summed E-state index contributed by atoms with van der Waals surface area (Å²) in [7, 11) is 1.62. The van der Waals surface area contributed by atoms with Crippen LogP contribution < -0.4 is 4.74 Å². The summed E-state index contributed by atoms with van der Waals surface area (Å²) in [5, 5.41) is 16.5. The summed E-state index contributed by atoms with van der Waals surface area (Å²) in [5.74, 6) is 0.363. The molecule has 5 rings (SSSR count). The normalized spacial score (nSPS) is 22.7. The van der Waals surface area contributed by atoms with Gasteiger partial charge in [0.25, 0.3) is 0 Å². The largest absolute Gasteiger partial charge is 0.497 e. The number of carbonyl (C=O) groups is 1. The highest BCUT2D eigenvalue weighted by molar-refractivity contribution is 6.30. The molecule has 1 aromatic heterocycles. The molecule has 1 aliphatic heterocycles. The number of esters is 1. The molecule has 148 valence electrons. The van der Waals surface area contributed by atoms with Gasteiger partial charge in [-0.3, -0.25) is 4.79 Å². The van der Waals surface area contributed by atoms with E-state index in [1.165, 1.54) is 0 Å². The number of aromatic nitrogens is 2. The zero-order valence-corrected chi connectivity index (χ0v) is 16.5. The number of rotatable bonds is 3. The molecule has 0 saturated carbocycles. The molecule has 0 unspecified atom stereocenters. The third-order valence-electron chi connectivity index (χ3n) is 5.68. The number of fused-ring (bicyclic) bond motifs is 3. The van der Waals surface area contributed by atoms with Gasteiger partial charge in [-0.05, 0) is 49.2 Å². The van der Waals surface area contributed by atoms with Crippen LogP contribution in [0.25, 0.3) is 16.9 Å². The van der Waals surface area contributed by atoms with Crippen molar-refractivity contribution in [2.75, 3.05) is 7.11 Å². The second kappa shape index (κ2) is 6.61. The van der Waals surface area contributed by atoms with Gasteiger partial charge in [0.05, 0.1) is 30.6 Å². The quantitative estimate of drug-likeness (QED) is 0.663. The maximum absolute atomic E-state index is 12.0. The monoisotopic (exact) mass is 410 g/mol. The smallest absolute Gasteiger partial charge is 0.309 e. The van der Waals surface area contributed by atoms with Crippen molar-refractivity contribution in [2.24, 2.45) is 0 Å². The Kier molecular flexibility index (Phi) is 4.15. The molecule has 1 fully saturated rings. The average Bonchev–Trinajstić information content (AvgIpc) is 3.25. The molecule has 2 atom stereocenters. The zero-order valence-electron chi connectivity index (χ0n) is 15.8. The number of aliphatic hydroxyl groups is 1. The zero-order chi connectivity index (χ0) is 20.2. The summed E-state index contributed by atoms with van der Waals surface area (Å²) >= 11 is 6.09. The predicted octanol–water partition coefficient (Wildman–Crippen LogP) is 3.87. The number of aryl methyl sites for hydroxylation is 1. The summed E-state index contributed by atoms with van der Waals surface area (Å²) in [4.78, 5) is 12.0. The third kappa shape index (κ3) is 2.91. The van der Waals surface area contributed by atoms with Crippen molar-refractivity contribution in [3.8, 4) is 22.7 Å². The molecule has 7 heteroatoms. The molecule has 1 saturated heterocycles. The predicted molar refractivity (Wildman–Crippen MR) is 107 cm³/mol. The van der Waals surface area contributed by atoms with E-state index < -0.39 is 11.7 Å². The van der Waals surface area contributed by atoms with Crippen LogP contribution in [0.15, 0.2) is 48.5 Å². The Hall–Kier alpha value is -2.83. The van der Waals surface area contributed by atoms with Gasteiger partial charge in [0.15, 0.2) is 6.10 Å². The van der Waals surface area contributed by atoms with Crippen LogP contribution in [0.3, 0.4) is 0 Å². The van der Waals surface area contributed by atoms with Gasteiger partial charge in [-0.2, -0.15) is 5.10 Å². The standard InChI is InChI=1S/C22H19ClN2O4/c1-28-16-8-6-15(7-9-16)25-20(13-2-4-14(23)5-3-13)19-17(24-25)10-11-22(27)12-18(26)29-21(19)22/h2-9,21,27H,10-12H2,1H3/t21-,22+/m0/s1. The topological polar surface area (TPSA) is 73.6 Å². The molecular weight excluding hydrogens is 392 g/mol. The van der Waals surface area contributed by atoms with Crippen LogP contribution >= 0.6 is 11.6 Å². The van der Waals surface area contributed by atoms with E-state index in [1.54, 1.807) is 7.11 Å². The van der Waals surface area contributed by atoms with Crippen molar-refractivity contribution in [1.82, 2.24) is 9.78 Å². The molecular formula is C22H19ClN2O4. The fraction of sp³-hybridized carbons (Fsp3) is 0.273. The Morgan fingerprint density at radius 2 is 1.93 bits per heavy atom. The van der Waals surface area contributed by atoms with Crippen LogP contribution in [0.5, 0.6) is 5.75 Å².